The second-order valence-electron chi connectivity index (χ2n) is 6.71. The minimum absolute atomic E-state index is 0.0841. The Morgan fingerprint density at radius 3 is 2.62 bits per heavy atom. The van der Waals surface area contributed by atoms with Crippen LogP contribution in [0, 0.1) is 0 Å². The Hall–Kier alpha value is -2.90. The topological polar surface area (TPSA) is 78.4 Å². The second-order valence-corrected chi connectivity index (χ2v) is 6.71. The molecule has 1 fully saturated rings. The lowest BCUT2D eigenvalue weighted by Crippen LogP contribution is -2.33. The Morgan fingerprint density at radius 2 is 1.90 bits per heavy atom. The fourth-order valence-electron chi connectivity index (χ4n) is 2.90. The maximum Gasteiger partial charge on any atom is 0.245 e. The lowest BCUT2D eigenvalue weighted by molar-refractivity contribution is -0.159. The number of hydrogen-bond acceptors (Lipinski definition) is 6. The summed E-state index contributed by atoms with van der Waals surface area (Å²) in [7, 11) is 0. The van der Waals surface area contributed by atoms with E-state index >= 15 is 0 Å². The number of hydrogen-bond donors (Lipinski definition) is 1. The van der Waals surface area contributed by atoms with Crippen molar-refractivity contribution in [3.63, 3.8) is 0 Å². The van der Waals surface area contributed by atoms with Gasteiger partial charge in [0.1, 0.15) is 6.61 Å². The lowest BCUT2D eigenvalue weighted by atomic mass is 10.2. The van der Waals surface area contributed by atoms with Crippen LogP contribution in [0.5, 0.6) is 11.5 Å². The molecule has 2 aromatic carbocycles. The molecule has 3 rings (SSSR count). The van der Waals surface area contributed by atoms with Crippen molar-refractivity contribution in [1.82, 2.24) is 5.43 Å². The molecule has 2 aromatic rings. The van der Waals surface area contributed by atoms with E-state index in [1.165, 1.54) is 0 Å². The van der Waals surface area contributed by atoms with Crippen molar-refractivity contribution in [1.29, 1.82) is 0 Å². The molecule has 0 saturated carbocycles. The molecule has 1 amide bonds. The van der Waals surface area contributed by atoms with Gasteiger partial charge in [-0.25, -0.2) is 5.43 Å². The third kappa shape index (κ3) is 6.30. The molecule has 1 saturated heterocycles. The predicted molar refractivity (Wildman–Crippen MR) is 109 cm³/mol. The molecule has 154 valence electrons. The van der Waals surface area contributed by atoms with Crippen LogP contribution in [0.1, 0.15) is 31.4 Å². The zero-order chi connectivity index (χ0) is 20.5. The van der Waals surface area contributed by atoms with Gasteiger partial charge in [0, 0.05) is 0 Å². The molecule has 0 radical (unpaired) electrons. The summed E-state index contributed by atoms with van der Waals surface area (Å²) in [5, 5.41) is 4.01. The van der Waals surface area contributed by atoms with E-state index in [1.807, 2.05) is 55.5 Å². The molecule has 7 heteroatoms. The summed E-state index contributed by atoms with van der Waals surface area (Å²) in [6.45, 7) is 5.60. The van der Waals surface area contributed by atoms with E-state index in [0.717, 1.165) is 11.1 Å². The molecule has 1 N–H and O–H groups in total. The van der Waals surface area contributed by atoms with Crippen LogP contribution < -0.4 is 14.9 Å². The molecule has 0 unspecified atom stereocenters. The van der Waals surface area contributed by atoms with Crippen LogP contribution in [0.2, 0.25) is 0 Å². The van der Waals surface area contributed by atoms with Crippen LogP contribution in [-0.4, -0.2) is 37.7 Å². The smallest absolute Gasteiger partial charge is 0.245 e. The van der Waals surface area contributed by atoms with Crippen molar-refractivity contribution in [2.75, 3.05) is 19.8 Å². The molecular formula is C22H26N2O5. The molecule has 0 bridgehead atoms. The van der Waals surface area contributed by atoms with E-state index in [2.05, 4.69) is 10.5 Å². The van der Waals surface area contributed by atoms with Gasteiger partial charge in [0.25, 0.3) is 0 Å². The number of nitrogens with zero attached hydrogens (tertiary/aromatic N) is 1. The normalized spacial score (nSPS) is 15.4. The van der Waals surface area contributed by atoms with Gasteiger partial charge in [0.2, 0.25) is 5.91 Å². The Bertz CT molecular complexity index is 832. The van der Waals surface area contributed by atoms with Gasteiger partial charge < -0.3 is 18.9 Å². The first kappa shape index (κ1) is 20.8. The molecule has 1 aliphatic heterocycles. The molecule has 0 aromatic heterocycles. The fourth-order valence-corrected chi connectivity index (χ4v) is 2.90. The van der Waals surface area contributed by atoms with Crippen molar-refractivity contribution in [2.45, 2.75) is 32.7 Å². The third-order valence-corrected chi connectivity index (χ3v) is 4.29. The highest BCUT2D eigenvalue weighted by molar-refractivity contribution is 5.83. The molecule has 1 aliphatic rings. The van der Waals surface area contributed by atoms with Gasteiger partial charge in [-0.1, -0.05) is 30.3 Å². The number of carbonyl (C=O) groups excluding carboxylic acids is 1. The molecular weight excluding hydrogens is 372 g/mol. The van der Waals surface area contributed by atoms with Gasteiger partial charge in [-0.15, -0.1) is 0 Å². The summed E-state index contributed by atoms with van der Waals surface area (Å²) in [4.78, 5) is 12.0. The summed E-state index contributed by atoms with van der Waals surface area (Å²) in [6, 6.07) is 15.4. The predicted octanol–water partition coefficient (Wildman–Crippen LogP) is 3.27. The zero-order valence-electron chi connectivity index (χ0n) is 16.7. The first-order valence-corrected chi connectivity index (χ1v) is 9.61. The number of nitrogens with one attached hydrogen (secondary N) is 1. The average Bonchev–Trinajstić information content (AvgIpc) is 3.14. The van der Waals surface area contributed by atoms with Crippen LogP contribution in [0.3, 0.4) is 0 Å². The van der Waals surface area contributed by atoms with Gasteiger partial charge in [-0.05, 0) is 43.2 Å². The van der Waals surface area contributed by atoms with Crippen molar-refractivity contribution in [3.05, 3.63) is 59.7 Å². The number of benzene rings is 2. The standard InChI is InChI=1S/C22H26N2O5/c1-3-26-20-13-18(9-10-19(20)27-16-17-7-5-4-6-8-17)15-23-24-21(25)14-22(2)28-11-12-29-22/h4-10,13,15H,3,11-12,14,16H2,1-2H3,(H,24,25)/b23-15-. The lowest BCUT2D eigenvalue weighted by Gasteiger charge is -2.20. The third-order valence-electron chi connectivity index (χ3n) is 4.29. The summed E-state index contributed by atoms with van der Waals surface area (Å²) in [5.74, 6) is 0.122. The van der Waals surface area contributed by atoms with Crippen LogP contribution in [-0.2, 0) is 20.9 Å². The number of rotatable bonds is 9. The monoisotopic (exact) mass is 398 g/mol. The van der Waals surface area contributed by atoms with Gasteiger partial charge in [0.15, 0.2) is 17.3 Å². The van der Waals surface area contributed by atoms with Crippen LogP contribution in [0.4, 0.5) is 0 Å². The molecule has 0 spiro atoms. The number of ether oxygens (including phenoxy) is 4. The quantitative estimate of drug-likeness (QED) is 0.518. The van der Waals surface area contributed by atoms with E-state index < -0.39 is 5.79 Å². The maximum absolute atomic E-state index is 12.0. The number of carbonyl (C=O) groups is 1. The molecule has 0 aliphatic carbocycles. The number of amides is 1. The van der Waals surface area contributed by atoms with E-state index in [0.29, 0.717) is 37.9 Å². The summed E-state index contributed by atoms with van der Waals surface area (Å²) in [6.07, 6.45) is 1.64. The van der Waals surface area contributed by atoms with Crippen molar-refractivity contribution in [2.24, 2.45) is 5.10 Å². The summed E-state index contributed by atoms with van der Waals surface area (Å²) < 4.78 is 22.4. The zero-order valence-corrected chi connectivity index (χ0v) is 16.7. The Morgan fingerprint density at radius 1 is 1.14 bits per heavy atom. The second kappa shape index (κ2) is 10.0. The first-order valence-electron chi connectivity index (χ1n) is 9.61. The number of hydrazone groups is 1. The van der Waals surface area contributed by atoms with Gasteiger partial charge in [-0.2, -0.15) is 5.10 Å². The summed E-state index contributed by atoms with van der Waals surface area (Å²) >= 11 is 0. The largest absolute Gasteiger partial charge is 0.490 e. The highest BCUT2D eigenvalue weighted by atomic mass is 16.7. The van der Waals surface area contributed by atoms with E-state index in [9.17, 15) is 4.79 Å². The first-order chi connectivity index (χ1) is 14.1. The van der Waals surface area contributed by atoms with Gasteiger partial charge in [0.05, 0.1) is 32.5 Å². The fraction of sp³-hybridized carbons (Fsp3) is 0.364. The Kier molecular flexibility index (Phi) is 7.21. The minimum atomic E-state index is -0.876. The highest BCUT2D eigenvalue weighted by Gasteiger charge is 2.33. The maximum atomic E-state index is 12.0. The van der Waals surface area contributed by atoms with Crippen LogP contribution in [0.25, 0.3) is 0 Å². The highest BCUT2D eigenvalue weighted by Crippen LogP contribution is 2.29. The minimum Gasteiger partial charge on any atom is -0.490 e. The average molecular weight is 398 g/mol. The molecule has 29 heavy (non-hydrogen) atoms. The molecule has 0 atom stereocenters. The molecule has 1 heterocycles. The van der Waals surface area contributed by atoms with Crippen LogP contribution in [0.15, 0.2) is 53.6 Å². The SMILES string of the molecule is CCOc1cc(/C=N\NC(=O)CC2(C)OCCO2)ccc1OCc1ccccc1. The van der Waals surface area contributed by atoms with Crippen LogP contribution >= 0.6 is 0 Å². The molecule has 7 nitrogen and oxygen atoms in total. The summed E-state index contributed by atoms with van der Waals surface area (Å²) in [5.41, 5.74) is 4.35. The van der Waals surface area contributed by atoms with Crippen molar-refractivity contribution >= 4 is 12.1 Å². The van der Waals surface area contributed by atoms with Crippen molar-refractivity contribution < 1.29 is 23.7 Å². The van der Waals surface area contributed by atoms with E-state index in [-0.39, 0.29) is 12.3 Å². The Labute approximate surface area is 170 Å². The van der Waals surface area contributed by atoms with E-state index in [4.69, 9.17) is 18.9 Å². The van der Waals surface area contributed by atoms with E-state index in [1.54, 1.807) is 13.1 Å². The van der Waals surface area contributed by atoms with Crippen molar-refractivity contribution in [3.8, 4) is 11.5 Å². The Balaban J connectivity index is 1.58. The van der Waals surface area contributed by atoms with Gasteiger partial charge in [-0.3, -0.25) is 4.79 Å². The van der Waals surface area contributed by atoms with Gasteiger partial charge >= 0.3 is 0 Å².